The number of sulfonamides is 1. The number of amides is 1. The summed E-state index contributed by atoms with van der Waals surface area (Å²) in [5.41, 5.74) is 0. The highest BCUT2D eigenvalue weighted by atomic mass is 32.2. The summed E-state index contributed by atoms with van der Waals surface area (Å²) in [7, 11) is -3.27. The van der Waals surface area contributed by atoms with Gasteiger partial charge in [0.25, 0.3) is 0 Å². The Morgan fingerprint density at radius 1 is 1.43 bits per heavy atom. The number of carbonyl (C=O) groups is 1. The predicted molar refractivity (Wildman–Crippen MR) is 83.4 cm³/mol. The Hall–Kier alpha value is -1.25. The van der Waals surface area contributed by atoms with Crippen LogP contribution < -0.4 is 5.32 Å². The molecule has 1 aliphatic heterocycles. The van der Waals surface area contributed by atoms with E-state index in [1.807, 2.05) is 0 Å². The number of furan rings is 1. The zero-order chi connectivity index (χ0) is 15.1. The summed E-state index contributed by atoms with van der Waals surface area (Å²) in [6.07, 6.45) is 4.37. The van der Waals surface area contributed by atoms with E-state index < -0.39 is 10.0 Å². The highest BCUT2D eigenvalue weighted by Crippen LogP contribution is 2.12. The van der Waals surface area contributed by atoms with E-state index in [9.17, 15) is 13.2 Å². The second-order valence-electron chi connectivity index (χ2n) is 4.47. The number of hydrogen-bond donors (Lipinski definition) is 1. The minimum atomic E-state index is -3.27. The SMILES string of the molecule is O=C(C=Cc1ccco1)NCCS(=O)(=O)N1CCSCC1. The standard InChI is InChI=1S/C13H18N2O4S2/c16-13(4-3-12-2-1-8-19-12)14-5-11-21(17,18)15-6-9-20-10-7-15/h1-4,8H,5-7,9-11H2,(H,14,16). The van der Waals surface area contributed by atoms with E-state index in [4.69, 9.17) is 4.42 Å². The Labute approximate surface area is 128 Å². The summed E-state index contributed by atoms with van der Waals surface area (Å²) in [6.45, 7) is 1.21. The van der Waals surface area contributed by atoms with Gasteiger partial charge in [-0.3, -0.25) is 4.79 Å². The Kier molecular flexibility index (Phi) is 5.89. The maximum atomic E-state index is 12.0. The molecule has 2 rings (SSSR count). The third-order valence-electron chi connectivity index (χ3n) is 2.96. The molecule has 1 N–H and O–H groups in total. The zero-order valence-corrected chi connectivity index (χ0v) is 13.2. The number of nitrogens with zero attached hydrogens (tertiary/aromatic N) is 1. The lowest BCUT2D eigenvalue weighted by molar-refractivity contribution is -0.116. The van der Waals surface area contributed by atoms with Gasteiger partial charge in [0.1, 0.15) is 5.76 Å². The van der Waals surface area contributed by atoms with Gasteiger partial charge in [0.2, 0.25) is 15.9 Å². The van der Waals surface area contributed by atoms with E-state index in [0.29, 0.717) is 18.8 Å². The number of hydrogen-bond acceptors (Lipinski definition) is 5. The van der Waals surface area contributed by atoms with E-state index in [1.54, 1.807) is 23.9 Å². The fourth-order valence-electron chi connectivity index (χ4n) is 1.86. The van der Waals surface area contributed by atoms with E-state index >= 15 is 0 Å². The van der Waals surface area contributed by atoms with Crippen LogP contribution in [-0.4, -0.2) is 55.5 Å². The molecule has 0 aromatic carbocycles. The molecule has 21 heavy (non-hydrogen) atoms. The first-order valence-electron chi connectivity index (χ1n) is 6.63. The van der Waals surface area contributed by atoms with Crippen molar-refractivity contribution in [2.24, 2.45) is 0 Å². The van der Waals surface area contributed by atoms with Crippen LogP contribution in [0, 0.1) is 0 Å². The summed E-state index contributed by atoms with van der Waals surface area (Å²) < 4.78 is 30.6. The van der Waals surface area contributed by atoms with Crippen LogP contribution in [0.2, 0.25) is 0 Å². The van der Waals surface area contributed by atoms with Gasteiger partial charge < -0.3 is 9.73 Å². The average molecular weight is 330 g/mol. The first-order valence-corrected chi connectivity index (χ1v) is 9.39. The van der Waals surface area contributed by atoms with Crippen molar-refractivity contribution in [1.82, 2.24) is 9.62 Å². The lowest BCUT2D eigenvalue weighted by atomic mass is 10.4. The molecular formula is C13H18N2O4S2. The lowest BCUT2D eigenvalue weighted by Crippen LogP contribution is -2.41. The van der Waals surface area contributed by atoms with Crippen molar-refractivity contribution in [3.8, 4) is 0 Å². The smallest absolute Gasteiger partial charge is 0.244 e. The molecule has 6 nitrogen and oxygen atoms in total. The van der Waals surface area contributed by atoms with Gasteiger partial charge in [-0.2, -0.15) is 11.8 Å². The van der Waals surface area contributed by atoms with Crippen molar-refractivity contribution in [2.45, 2.75) is 0 Å². The number of nitrogens with one attached hydrogen (secondary N) is 1. The molecule has 1 fully saturated rings. The van der Waals surface area contributed by atoms with Gasteiger partial charge in [0, 0.05) is 37.2 Å². The molecule has 116 valence electrons. The minimum absolute atomic E-state index is 0.0714. The Bertz CT molecular complexity index is 575. The molecule has 0 aliphatic carbocycles. The van der Waals surface area contributed by atoms with Crippen LogP contribution in [0.15, 0.2) is 28.9 Å². The normalized spacial score (nSPS) is 17.1. The van der Waals surface area contributed by atoms with Crippen LogP contribution >= 0.6 is 11.8 Å². The van der Waals surface area contributed by atoms with E-state index in [-0.39, 0.29) is 18.2 Å². The molecule has 0 spiro atoms. The fraction of sp³-hybridized carbons (Fsp3) is 0.462. The van der Waals surface area contributed by atoms with Gasteiger partial charge in [-0.1, -0.05) is 0 Å². The van der Waals surface area contributed by atoms with Gasteiger partial charge in [-0.25, -0.2) is 12.7 Å². The fourth-order valence-corrected chi connectivity index (χ4v) is 4.35. The summed E-state index contributed by atoms with van der Waals surface area (Å²) >= 11 is 1.75. The van der Waals surface area contributed by atoms with Crippen molar-refractivity contribution in [1.29, 1.82) is 0 Å². The van der Waals surface area contributed by atoms with Gasteiger partial charge in [0.15, 0.2) is 0 Å². The number of rotatable bonds is 6. The quantitative estimate of drug-likeness (QED) is 0.780. The second-order valence-corrected chi connectivity index (χ2v) is 7.78. The minimum Gasteiger partial charge on any atom is -0.465 e. The monoisotopic (exact) mass is 330 g/mol. The molecule has 0 atom stereocenters. The van der Waals surface area contributed by atoms with Gasteiger partial charge in [-0.05, 0) is 18.2 Å². The second kappa shape index (κ2) is 7.67. The molecule has 1 saturated heterocycles. The van der Waals surface area contributed by atoms with Crippen LogP contribution in [0.4, 0.5) is 0 Å². The maximum Gasteiger partial charge on any atom is 0.244 e. The molecule has 1 aromatic heterocycles. The molecule has 8 heteroatoms. The molecular weight excluding hydrogens is 312 g/mol. The number of thioether (sulfide) groups is 1. The third-order valence-corrected chi connectivity index (χ3v) is 5.78. The third kappa shape index (κ3) is 5.22. The molecule has 1 amide bonds. The predicted octanol–water partition coefficient (Wildman–Crippen LogP) is 0.788. The van der Waals surface area contributed by atoms with E-state index in [0.717, 1.165) is 11.5 Å². The number of carbonyl (C=O) groups excluding carboxylic acids is 1. The first-order chi connectivity index (χ1) is 10.1. The van der Waals surface area contributed by atoms with Crippen LogP contribution in [0.5, 0.6) is 0 Å². The largest absolute Gasteiger partial charge is 0.465 e. The van der Waals surface area contributed by atoms with Gasteiger partial charge >= 0.3 is 0 Å². The molecule has 0 bridgehead atoms. The van der Waals surface area contributed by atoms with Crippen LogP contribution in [0.1, 0.15) is 5.76 Å². The summed E-state index contributed by atoms with van der Waals surface area (Å²) in [6, 6.07) is 3.45. The highest BCUT2D eigenvalue weighted by molar-refractivity contribution is 7.99. The van der Waals surface area contributed by atoms with Crippen molar-refractivity contribution in [2.75, 3.05) is 36.9 Å². The summed E-state index contributed by atoms with van der Waals surface area (Å²) in [5.74, 6) is 1.83. The lowest BCUT2D eigenvalue weighted by Gasteiger charge is -2.25. The van der Waals surface area contributed by atoms with Crippen molar-refractivity contribution >= 4 is 33.8 Å². The average Bonchev–Trinajstić information content (AvgIpc) is 2.99. The maximum absolute atomic E-state index is 12.0. The van der Waals surface area contributed by atoms with Crippen LogP contribution in [-0.2, 0) is 14.8 Å². The Morgan fingerprint density at radius 3 is 2.86 bits per heavy atom. The molecule has 1 aromatic rings. The van der Waals surface area contributed by atoms with E-state index in [1.165, 1.54) is 22.7 Å². The zero-order valence-electron chi connectivity index (χ0n) is 11.5. The van der Waals surface area contributed by atoms with Crippen LogP contribution in [0.3, 0.4) is 0 Å². The molecule has 0 radical (unpaired) electrons. The Balaban J connectivity index is 1.74. The van der Waals surface area contributed by atoms with Gasteiger partial charge in [-0.15, -0.1) is 0 Å². The molecule has 0 saturated carbocycles. The topological polar surface area (TPSA) is 79.6 Å². The summed E-state index contributed by atoms with van der Waals surface area (Å²) in [4.78, 5) is 11.5. The van der Waals surface area contributed by atoms with Crippen molar-refractivity contribution in [3.63, 3.8) is 0 Å². The van der Waals surface area contributed by atoms with Gasteiger partial charge in [0.05, 0.1) is 12.0 Å². The molecule has 0 unspecified atom stereocenters. The van der Waals surface area contributed by atoms with E-state index in [2.05, 4.69) is 5.32 Å². The molecule has 1 aliphatic rings. The van der Waals surface area contributed by atoms with Crippen molar-refractivity contribution in [3.05, 3.63) is 30.2 Å². The summed E-state index contributed by atoms with van der Waals surface area (Å²) in [5, 5.41) is 2.56. The highest BCUT2D eigenvalue weighted by Gasteiger charge is 2.23. The van der Waals surface area contributed by atoms with Crippen LogP contribution in [0.25, 0.3) is 6.08 Å². The van der Waals surface area contributed by atoms with Crippen molar-refractivity contribution < 1.29 is 17.6 Å². The Morgan fingerprint density at radius 2 is 2.19 bits per heavy atom. The molecule has 2 heterocycles. The first kappa shape index (κ1) is 16.1.